The third kappa shape index (κ3) is 3.00. The van der Waals surface area contributed by atoms with Crippen molar-refractivity contribution in [2.24, 2.45) is 0 Å². The molecule has 0 aliphatic heterocycles. The average Bonchev–Trinajstić information content (AvgIpc) is 2.99. The van der Waals surface area contributed by atoms with Gasteiger partial charge in [0.2, 0.25) is 0 Å². The summed E-state index contributed by atoms with van der Waals surface area (Å²) in [7, 11) is 1.87. The van der Waals surface area contributed by atoms with Gasteiger partial charge in [-0.2, -0.15) is 0 Å². The third-order valence-electron chi connectivity index (χ3n) is 3.54. The fraction of sp³-hybridized carbons (Fsp3) is 0.615. The Hall–Kier alpha value is -1.03. The molecular formula is C13H20N2OS. The molecule has 0 aromatic carbocycles. The molecule has 1 aliphatic carbocycles. The Balaban J connectivity index is 1.90. The Morgan fingerprint density at radius 2 is 2.24 bits per heavy atom. The van der Waals surface area contributed by atoms with Crippen molar-refractivity contribution < 1.29 is 4.79 Å². The van der Waals surface area contributed by atoms with E-state index in [2.05, 4.69) is 23.7 Å². The summed E-state index contributed by atoms with van der Waals surface area (Å²) in [5, 5.41) is 5.16. The zero-order valence-electron chi connectivity index (χ0n) is 10.5. The molecule has 4 heteroatoms. The number of urea groups is 1. The lowest BCUT2D eigenvalue weighted by atomic mass is 10.2. The van der Waals surface area contributed by atoms with Crippen molar-refractivity contribution >= 4 is 17.4 Å². The van der Waals surface area contributed by atoms with Crippen molar-refractivity contribution in [3.05, 3.63) is 22.4 Å². The van der Waals surface area contributed by atoms with Gasteiger partial charge in [0.15, 0.2) is 0 Å². The molecule has 2 rings (SSSR count). The van der Waals surface area contributed by atoms with E-state index in [1.165, 1.54) is 17.7 Å². The van der Waals surface area contributed by atoms with Crippen molar-refractivity contribution in [3.63, 3.8) is 0 Å². The van der Waals surface area contributed by atoms with Gasteiger partial charge < -0.3 is 10.2 Å². The number of amides is 2. The van der Waals surface area contributed by atoms with Crippen LogP contribution in [0.15, 0.2) is 17.5 Å². The van der Waals surface area contributed by atoms with Crippen LogP contribution in [0.3, 0.4) is 0 Å². The zero-order valence-corrected chi connectivity index (χ0v) is 11.3. The van der Waals surface area contributed by atoms with Gasteiger partial charge in [0.25, 0.3) is 0 Å². The summed E-state index contributed by atoms with van der Waals surface area (Å²) < 4.78 is 0. The number of carbonyl (C=O) groups excluding carboxylic acids is 1. The standard InChI is InChI=1S/C13H20N2OS/c1-10(12-8-5-9-17-12)15(2)13(16)14-11-6-3-4-7-11/h5,8-11H,3-4,6-7H2,1-2H3,(H,14,16). The van der Waals surface area contributed by atoms with Crippen LogP contribution < -0.4 is 5.32 Å². The van der Waals surface area contributed by atoms with E-state index < -0.39 is 0 Å². The summed E-state index contributed by atoms with van der Waals surface area (Å²) in [6, 6.07) is 4.70. The highest BCUT2D eigenvalue weighted by Gasteiger charge is 2.22. The fourth-order valence-electron chi connectivity index (χ4n) is 2.24. The topological polar surface area (TPSA) is 32.3 Å². The second kappa shape index (κ2) is 5.54. The SMILES string of the molecule is CC(c1cccs1)N(C)C(=O)NC1CCCC1. The molecule has 94 valence electrons. The van der Waals surface area contributed by atoms with Crippen molar-refractivity contribution in [2.45, 2.75) is 44.7 Å². The highest BCUT2D eigenvalue weighted by atomic mass is 32.1. The first kappa shape index (κ1) is 12.4. The van der Waals surface area contributed by atoms with Gasteiger partial charge in [-0.1, -0.05) is 18.9 Å². The number of carbonyl (C=O) groups is 1. The van der Waals surface area contributed by atoms with Crippen LogP contribution in [0.1, 0.15) is 43.5 Å². The van der Waals surface area contributed by atoms with Crippen molar-refractivity contribution in [3.8, 4) is 0 Å². The van der Waals surface area contributed by atoms with Crippen LogP contribution in [-0.4, -0.2) is 24.0 Å². The maximum absolute atomic E-state index is 12.1. The van der Waals surface area contributed by atoms with Gasteiger partial charge in [0, 0.05) is 18.0 Å². The Labute approximate surface area is 107 Å². The lowest BCUT2D eigenvalue weighted by molar-refractivity contribution is 0.191. The van der Waals surface area contributed by atoms with E-state index >= 15 is 0 Å². The molecule has 2 amide bonds. The van der Waals surface area contributed by atoms with Crippen molar-refractivity contribution in [1.29, 1.82) is 0 Å². The van der Waals surface area contributed by atoms with Gasteiger partial charge in [-0.05, 0) is 31.2 Å². The second-order valence-electron chi connectivity index (χ2n) is 4.73. The molecule has 1 unspecified atom stereocenters. The second-order valence-corrected chi connectivity index (χ2v) is 5.71. The maximum atomic E-state index is 12.1. The molecule has 1 aromatic heterocycles. The number of hydrogen-bond donors (Lipinski definition) is 1. The van der Waals surface area contributed by atoms with Crippen LogP contribution >= 0.6 is 11.3 Å². The van der Waals surface area contributed by atoms with E-state index in [0.717, 1.165) is 12.8 Å². The summed E-state index contributed by atoms with van der Waals surface area (Å²) >= 11 is 1.70. The van der Waals surface area contributed by atoms with Crippen LogP contribution in [0, 0.1) is 0 Å². The van der Waals surface area contributed by atoms with E-state index in [-0.39, 0.29) is 12.1 Å². The Morgan fingerprint density at radius 3 is 2.82 bits per heavy atom. The molecule has 1 N–H and O–H groups in total. The molecule has 1 aromatic rings. The first-order valence-electron chi connectivity index (χ1n) is 6.25. The molecule has 0 spiro atoms. The highest BCUT2D eigenvalue weighted by Crippen LogP contribution is 2.24. The van der Waals surface area contributed by atoms with Crippen LogP contribution in [-0.2, 0) is 0 Å². The van der Waals surface area contributed by atoms with Gasteiger partial charge in [-0.25, -0.2) is 4.79 Å². The Morgan fingerprint density at radius 1 is 1.53 bits per heavy atom. The summed E-state index contributed by atoms with van der Waals surface area (Å²) in [5.41, 5.74) is 0. The highest BCUT2D eigenvalue weighted by molar-refractivity contribution is 7.10. The van der Waals surface area contributed by atoms with E-state index in [1.807, 2.05) is 13.1 Å². The molecule has 3 nitrogen and oxygen atoms in total. The van der Waals surface area contributed by atoms with Crippen LogP contribution in [0.25, 0.3) is 0 Å². The van der Waals surface area contributed by atoms with Crippen LogP contribution in [0.5, 0.6) is 0 Å². The first-order chi connectivity index (χ1) is 8.18. The van der Waals surface area contributed by atoms with Crippen molar-refractivity contribution in [1.82, 2.24) is 10.2 Å². The van der Waals surface area contributed by atoms with E-state index in [0.29, 0.717) is 6.04 Å². The summed E-state index contributed by atoms with van der Waals surface area (Å²) in [5.74, 6) is 0. The molecule has 0 radical (unpaired) electrons. The molecule has 1 fully saturated rings. The lowest BCUT2D eigenvalue weighted by Gasteiger charge is -2.26. The van der Waals surface area contributed by atoms with E-state index in [1.54, 1.807) is 16.2 Å². The molecule has 1 atom stereocenters. The van der Waals surface area contributed by atoms with Crippen LogP contribution in [0.2, 0.25) is 0 Å². The fourth-order valence-corrected chi connectivity index (χ4v) is 3.07. The number of rotatable bonds is 3. The molecule has 1 heterocycles. The van der Waals surface area contributed by atoms with Gasteiger partial charge in [0.1, 0.15) is 0 Å². The predicted molar refractivity (Wildman–Crippen MR) is 71.3 cm³/mol. The molecule has 0 bridgehead atoms. The van der Waals surface area contributed by atoms with Gasteiger partial charge in [0.05, 0.1) is 6.04 Å². The first-order valence-corrected chi connectivity index (χ1v) is 7.13. The zero-order chi connectivity index (χ0) is 12.3. The number of thiophene rings is 1. The summed E-state index contributed by atoms with van der Waals surface area (Å²) in [6.45, 7) is 2.07. The monoisotopic (exact) mass is 252 g/mol. The van der Waals surface area contributed by atoms with Gasteiger partial charge in [-0.3, -0.25) is 0 Å². The average molecular weight is 252 g/mol. The maximum Gasteiger partial charge on any atom is 0.317 e. The number of nitrogens with one attached hydrogen (secondary N) is 1. The molecular weight excluding hydrogens is 232 g/mol. The van der Waals surface area contributed by atoms with Crippen LogP contribution in [0.4, 0.5) is 4.79 Å². The largest absolute Gasteiger partial charge is 0.335 e. The summed E-state index contributed by atoms with van der Waals surface area (Å²) in [4.78, 5) is 15.1. The third-order valence-corrected chi connectivity index (χ3v) is 4.58. The quantitative estimate of drug-likeness (QED) is 0.878. The Bertz CT molecular complexity index is 358. The van der Waals surface area contributed by atoms with Crippen molar-refractivity contribution in [2.75, 3.05) is 7.05 Å². The summed E-state index contributed by atoms with van der Waals surface area (Å²) in [6.07, 6.45) is 4.75. The molecule has 1 saturated carbocycles. The molecule has 17 heavy (non-hydrogen) atoms. The molecule has 1 aliphatic rings. The lowest BCUT2D eigenvalue weighted by Crippen LogP contribution is -2.42. The minimum absolute atomic E-state index is 0.0535. The molecule has 0 saturated heterocycles. The normalized spacial score (nSPS) is 18.0. The minimum atomic E-state index is 0.0535. The Kier molecular flexibility index (Phi) is 4.05. The predicted octanol–water partition coefficient (Wildman–Crippen LogP) is 3.39. The smallest absolute Gasteiger partial charge is 0.317 e. The minimum Gasteiger partial charge on any atom is -0.335 e. The van der Waals surface area contributed by atoms with E-state index in [4.69, 9.17) is 0 Å². The van der Waals surface area contributed by atoms with Gasteiger partial charge >= 0.3 is 6.03 Å². The number of nitrogens with zero attached hydrogens (tertiary/aromatic N) is 1. The number of hydrogen-bond acceptors (Lipinski definition) is 2. The van der Waals surface area contributed by atoms with Gasteiger partial charge in [-0.15, -0.1) is 11.3 Å². The van der Waals surface area contributed by atoms with E-state index in [9.17, 15) is 4.79 Å².